The second kappa shape index (κ2) is 6.32. The predicted molar refractivity (Wildman–Crippen MR) is 66.5 cm³/mol. The van der Waals surface area contributed by atoms with Gasteiger partial charge in [0.05, 0.1) is 0 Å². The van der Waals surface area contributed by atoms with Crippen LogP contribution in [0.4, 0.5) is 5.95 Å². The van der Waals surface area contributed by atoms with E-state index in [9.17, 15) is 4.21 Å². The van der Waals surface area contributed by atoms with Gasteiger partial charge in [0.1, 0.15) is 0 Å². The molecule has 2 atom stereocenters. The van der Waals surface area contributed by atoms with E-state index in [2.05, 4.69) is 20.3 Å². The zero-order chi connectivity index (χ0) is 12.1. The second-order valence-electron chi connectivity index (χ2n) is 3.22. The van der Waals surface area contributed by atoms with Crippen LogP contribution in [0.1, 0.15) is 13.3 Å². The molecule has 0 aromatic carbocycles. The van der Waals surface area contributed by atoms with Crippen LogP contribution in [0.15, 0.2) is 0 Å². The Kier molecular flexibility index (Phi) is 5.37. The van der Waals surface area contributed by atoms with Crippen molar-refractivity contribution in [3.63, 3.8) is 0 Å². The second-order valence-corrected chi connectivity index (χ2v) is 5.70. The van der Waals surface area contributed by atoms with Crippen molar-refractivity contribution < 1.29 is 4.21 Å². The van der Waals surface area contributed by atoms with Crippen molar-refractivity contribution in [3.05, 3.63) is 10.6 Å². The zero-order valence-corrected chi connectivity index (χ0v) is 11.2. The third kappa shape index (κ3) is 4.59. The monoisotopic (exact) mass is 282 g/mol. The lowest BCUT2D eigenvalue weighted by Crippen LogP contribution is -2.16. The summed E-state index contributed by atoms with van der Waals surface area (Å²) in [6, 6.07) is 0. The molecule has 16 heavy (non-hydrogen) atoms. The molecular formula is C8H12Cl2N4OS. The van der Waals surface area contributed by atoms with E-state index in [4.69, 9.17) is 23.2 Å². The van der Waals surface area contributed by atoms with E-state index < -0.39 is 10.8 Å². The summed E-state index contributed by atoms with van der Waals surface area (Å²) in [7, 11) is -0.822. The fourth-order valence-corrected chi connectivity index (χ4v) is 1.77. The van der Waals surface area contributed by atoms with Crippen molar-refractivity contribution in [1.29, 1.82) is 0 Å². The summed E-state index contributed by atoms with van der Waals surface area (Å²) in [5.41, 5.74) is 0. The minimum atomic E-state index is -0.822. The first-order valence-electron chi connectivity index (χ1n) is 4.62. The number of halogens is 2. The van der Waals surface area contributed by atoms with E-state index in [0.717, 1.165) is 6.42 Å². The van der Waals surface area contributed by atoms with E-state index >= 15 is 0 Å². The Morgan fingerprint density at radius 3 is 2.38 bits per heavy atom. The Balaban J connectivity index is 2.46. The van der Waals surface area contributed by atoms with Gasteiger partial charge in [0.2, 0.25) is 16.5 Å². The van der Waals surface area contributed by atoms with Gasteiger partial charge in [0.25, 0.3) is 0 Å². The highest BCUT2D eigenvalue weighted by molar-refractivity contribution is 7.84. The number of anilines is 1. The van der Waals surface area contributed by atoms with E-state index in [0.29, 0.717) is 12.5 Å². The Labute approximate surface area is 106 Å². The van der Waals surface area contributed by atoms with E-state index in [-0.39, 0.29) is 15.8 Å². The molecule has 1 aromatic heterocycles. The molecule has 0 amide bonds. The van der Waals surface area contributed by atoms with Crippen molar-refractivity contribution in [2.24, 2.45) is 0 Å². The number of nitrogens with one attached hydrogen (secondary N) is 1. The molecule has 0 spiro atoms. The van der Waals surface area contributed by atoms with Gasteiger partial charge in [-0.25, -0.2) is 0 Å². The molecule has 0 bridgehead atoms. The molecule has 8 heteroatoms. The maximum Gasteiger partial charge on any atom is 0.228 e. The first-order chi connectivity index (χ1) is 7.49. The van der Waals surface area contributed by atoms with Crippen LogP contribution in [-0.4, -0.2) is 37.2 Å². The molecule has 1 aromatic rings. The molecule has 0 saturated carbocycles. The molecule has 0 aliphatic rings. The molecule has 0 aliphatic heterocycles. The lowest BCUT2D eigenvalue weighted by molar-refractivity contribution is 0.672. The fraction of sp³-hybridized carbons (Fsp3) is 0.625. The molecule has 90 valence electrons. The van der Waals surface area contributed by atoms with Gasteiger partial charge in [-0.15, -0.1) is 0 Å². The summed E-state index contributed by atoms with van der Waals surface area (Å²) in [6.07, 6.45) is 2.44. The SMILES string of the molecule is CC(CCNc1nc(Cl)nc(Cl)n1)S(C)=O. The van der Waals surface area contributed by atoms with Gasteiger partial charge in [-0.05, 0) is 29.6 Å². The van der Waals surface area contributed by atoms with Gasteiger partial charge in [-0.2, -0.15) is 15.0 Å². The van der Waals surface area contributed by atoms with Crippen LogP contribution in [0.5, 0.6) is 0 Å². The van der Waals surface area contributed by atoms with Crippen LogP contribution in [0.25, 0.3) is 0 Å². The largest absolute Gasteiger partial charge is 0.354 e. The number of hydrogen-bond donors (Lipinski definition) is 1. The summed E-state index contributed by atoms with van der Waals surface area (Å²) in [4.78, 5) is 11.3. The van der Waals surface area contributed by atoms with Crippen molar-refractivity contribution in [2.45, 2.75) is 18.6 Å². The van der Waals surface area contributed by atoms with Crippen LogP contribution in [0, 0.1) is 0 Å². The molecule has 1 rings (SSSR count). The lowest BCUT2D eigenvalue weighted by Gasteiger charge is -2.08. The lowest BCUT2D eigenvalue weighted by atomic mass is 10.3. The average molecular weight is 283 g/mol. The quantitative estimate of drug-likeness (QED) is 0.891. The van der Waals surface area contributed by atoms with Crippen molar-refractivity contribution in [2.75, 3.05) is 18.1 Å². The third-order valence-corrected chi connectivity index (χ3v) is 3.69. The molecule has 5 nitrogen and oxygen atoms in total. The van der Waals surface area contributed by atoms with E-state index in [1.807, 2.05) is 6.92 Å². The number of hydrogen-bond acceptors (Lipinski definition) is 5. The first kappa shape index (κ1) is 13.6. The Morgan fingerprint density at radius 2 is 1.88 bits per heavy atom. The molecule has 0 aliphatic carbocycles. The van der Waals surface area contributed by atoms with Crippen LogP contribution in [0.3, 0.4) is 0 Å². The number of rotatable bonds is 5. The van der Waals surface area contributed by atoms with Gasteiger partial charge < -0.3 is 5.32 Å². The molecule has 1 heterocycles. The van der Waals surface area contributed by atoms with Crippen LogP contribution >= 0.6 is 23.2 Å². The third-order valence-electron chi connectivity index (χ3n) is 1.98. The minimum Gasteiger partial charge on any atom is -0.354 e. The highest BCUT2D eigenvalue weighted by Gasteiger charge is 2.07. The summed E-state index contributed by atoms with van der Waals surface area (Å²) < 4.78 is 11.1. The fourth-order valence-electron chi connectivity index (χ4n) is 0.958. The van der Waals surface area contributed by atoms with E-state index in [1.165, 1.54) is 0 Å². The maximum absolute atomic E-state index is 11.1. The van der Waals surface area contributed by atoms with E-state index in [1.54, 1.807) is 6.26 Å². The molecular weight excluding hydrogens is 271 g/mol. The van der Waals surface area contributed by atoms with Crippen molar-refractivity contribution in [1.82, 2.24) is 15.0 Å². The molecule has 0 saturated heterocycles. The van der Waals surface area contributed by atoms with Gasteiger partial charge in [-0.1, -0.05) is 6.92 Å². The minimum absolute atomic E-state index is 0.0506. The standard InChI is InChI=1S/C8H12Cl2N4OS/c1-5(16(2)15)3-4-11-8-13-6(9)12-7(10)14-8/h5H,3-4H2,1-2H3,(H,11,12,13,14). The summed E-state index contributed by atoms with van der Waals surface area (Å²) >= 11 is 11.2. The smallest absolute Gasteiger partial charge is 0.228 e. The number of aromatic nitrogens is 3. The topological polar surface area (TPSA) is 67.8 Å². The average Bonchev–Trinajstić information content (AvgIpc) is 2.15. The predicted octanol–water partition coefficient (Wildman–Crippen LogP) is 1.75. The summed E-state index contributed by atoms with van der Waals surface area (Å²) in [5.74, 6) is 0.332. The van der Waals surface area contributed by atoms with Crippen LogP contribution in [0.2, 0.25) is 10.6 Å². The normalized spacial score (nSPS) is 14.5. The highest BCUT2D eigenvalue weighted by atomic mass is 35.5. The van der Waals surface area contributed by atoms with Crippen molar-refractivity contribution >= 4 is 39.9 Å². The van der Waals surface area contributed by atoms with Crippen LogP contribution < -0.4 is 5.32 Å². The molecule has 2 unspecified atom stereocenters. The van der Waals surface area contributed by atoms with Gasteiger partial charge in [-0.3, -0.25) is 4.21 Å². The molecule has 1 N–H and O–H groups in total. The van der Waals surface area contributed by atoms with Crippen LogP contribution in [-0.2, 0) is 10.8 Å². The summed E-state index contributed by atoms with van der Waals surface area (Å²) in [5, 5.41) is 3.17. The molecule has 0 fully saturated rings. The maximum atomic E-state index is 11.1. The highest BCUT2D eigenvalue weighted by Crippen LogP contribution is 2.09. The zero-order valence-electron chi connectivity index (χ0n) is 8.91. The van der Waals surface area contributed by atoms with Gasteiger partial charge in [0.15, 0.2) is 0 Å². The Morgan fingerprint density at radius 1 is 1.31 bits per heavy atom. The van der Waals surface area contributed by atoms with Gasteiger partial charge in [0, 0.05) is 28.9 Å². The Bertz CT molecular complexity index is 370. The molecule has 0 radical (unpaired) electrons. The Hall–Kier alpha value is -0.460. The first-order valence-corrected chi connectivity index (χ1v) is 7.00. The number of nitrogens with zero attached hydrogens (tertiary/aromatic N) is 3. The summed E-state index contributed by atoms with van der Waals surface area (Å²) in [6.45, 7) is 2.53. The van der Waals surface area contributed by atoms with Gasteiger partial charge >= 0.3 is 0 Å². The van der Waals surface area contributed by atoms with Crippen molar-refractivity contribution in [3.8, 4) is 0 Å².